The smallest absolute Gasteiger partial charge is 0.385 e. The van der Waals surface area contributed by atoms with Crippen LogP contribution in [-0.2, 0) is 10.2 Å². The van der Waals surface area contributed by atoms with Crippen LogP contribution >= 0.6 is 0 Å². The highest BCUT2D eigenvalue weighted by Gasteiger charge is 2.47. The number of carbonyl (C=O) groups excluding carboxylic acids is 2. The summed E-state index contributed by atoms with van der Waals surface area (Å²) >= 11 is 0. The molecule has 0 fully saturated rings. The lowest BCUT2D eigenvalue weighted by Gasteiger charge is -2.25. The van der Waals surface area contributed by atoms with Gasteiger partial charge in [0.05, 0.1) is 12.7 Å². The minimum atomic E-state index is -1.03. The Morgan fingerprint density at radius 1 is 1.20 bits per heavy atom. The Hall–Kier alpha value is -2.76. The molecule has 0 saturated carbocycles. The monoisotopic (exact) mass is 342 g/mol. The van der Waals surface area contributed by atoms with Crippen molar-refractivity contribution in [2.75, 3.05) is 7.11 Å². The van der Waals surface area contributed by atoms with Gasteiger partial charge in [0.25, 0.3) is 5.78 Å². The molecule has 2 aliphatic rings. The molecule has 0 saturated heterocycles. The van der Waals surface area contributed by atoms with Gasteiger partial charge in [0.15, 0.2) is 11.5 Å². The van der Waals surface area contributed by atoms with E-state index < -0.39 is 17.2 Å². The molecule has 2 aromatic carbocycles. The Bertz CT molecular complexity index is 986. The number of hydrogen-bond acceptors (Lipinski definition) is 6. The first-order valence-electron chi connectivity index (χ1n) is 8.04. The van der Waals surface area contributed by atoms with Crippen LogP contribution in [0.3, 0.4) is 0 Å². The summed E-state index contributed by atoms with van der Waals surface area (Å²) in [6, 6.07) is 1.74. The van der Waals surface area contributed by atoms with Gasteiger partial charge in [-0.2, -0.15) is 0 Å². The maximum absolute atomic E-state index is 12.5. The highest BCUT2D eigenvalue weighted by atomic mass is 16.6. The van der Waals surface area contributed by atoms with Gasteiger partial charge in [-0.1, -0.05) is 13.8 Å². The molecule has 2 aliphatic heterocycles. The second kappa shape index (κ2) is 4.65. The molecule has 0 aliphatic carbocycles. The van der Waals surface area contributed by atoms with E-state index in [1.54, 1.807) is 6.07 Å². The van der Waals surface area contributed by atoms with Crippen LogP contribution in [0.5, 0.6) is 23.0 Å². The van der Waals surface area contributed by atoms with E-state index in [1.807, 2.05) is 27.7 Å². The molecule has 2 heterocycles. The van der Waals surface area contributed by atoms with Gasteiger partial charge in [-0.25, -0.2) is 4.79 Å². The van der Waals surface area contributed by atoms with Crippen LogP contribution in [0.15, 0.2) is 6.07 Å². The average Bonchev–Trinajstić information content (AvgIpc) is 2.78. The van der Waals surface area contributed by atoms with E-state index in [-0.39, 0.29) is 23.2 Å². The van der Waals surface area contributed by atoms with Gasteiger partial charge in [0.1, 0.15) is 17.6 Å². The van der Waals surface area contributed by atoms with E-state index >= 15 is 0 Å². The number of phenolic OH excluding ortho intramolecular Hbond substituents is 1. The molecule has 0 radical (unpaired) electrons. The lowest BCUT2D eigenvalue weighted by atomic mass is 9.78. The number of rotatable bonds is 1. The Morgan fingerprint density at radius 3 is 2.52 bits per heavy atom. The van der Waals surface area contributed by atoms with Crippen LogP contribution in [0, 0.1) is 6.92 Å². The number of ether oxygens (including phenoxy) is 3. The molecule has 6 nitrogen and oxygen atoms in total. The number of carbonyl (C=O) groups is 2. The van der Waals surface area contributed by atoms with Crippen LogP contribution in [0.2, 0.25) is 0 Å². The molecule has 2 aromatic rings. The fraction of sp³-hybridized carbons (Fsp3) is 0.368. The van der Waals surface area contributed by atoms with Crippen LogP contribution in [0.1, 0.15) is 42.3 Å². The maximum atomic E-state index is 12.5. The third-order valence-corrected chi connectivity index (χ3v) is 5.40. The standard InChI is InChI=1S/C19H18O6/c1-7-6-9(23-5)16-11-10(7)17-13(19(3,4)8(2)24-17)14(20)12(11)15(21)18(22)25-16/h6,8,20H,1-5H3/t8-/m0/s1. The molecule has 1 N–H and O–H groups in total. The second-order valence-corrected chi connectivity index (χ2v) is 7.10. The van der Waals surface area contributed by atoms with E-state index in [1.165, 1.54) is 7.11 Å². The molecule has 6 heteroatoms. The Labute approximate surface area is 144 Å². The molecule has 0 unspecified atom stereocenters. The number of hydrogen-bond donors (Lipinski definition) is 1. The summed E-state index contributed by atoms with van der Waals surface area (Å²) in [5, 5.41) is 11.9. The van der Waals surface area contributed by atoms with Crippen molar-refractivity contribution in [2.45, 2.75) is 39.2 Å². The third kappa shape index (κ3) is 1.74. The number of aryl methyl sites for hydroxylation is 1. The number of aromatic hydroxyl groups is 1. The first-order valence-corrected chi connectivity index (χ1v) is 8.04. The van der Waals surface area contributed by atoms with Crippen molar-refractivity contribution in [3.8, 4) is 23.0 Å². The SMILES string of the molecule is COc1cc(C)c2c3c(c(O)c4c2c1OC(=O)C4=O)C(C)(C)[C@H](C)O3. The Morgan fingerprint density at radius 2 is 1.88 bits per heavy atom. The number of fused-ring (bicyclic) bond motifs is 2. The number of Topliss-reactive ketones (excluding diaryl/α,β-unsaturated/α-hetero) is 1. The maximum Gasteiger partial charge on any atom is 0.385 e. The quantitative estimate of drug-likeness (QED) is 0.487. The van der Waals surface area contributed by atoms with Crippen LogP contribution < -0.4 is 14.2 Å². The molecule has 25 heavy (non-hydrogen) atoms. The molecular weight excluding hydrogens is 324 g/mol. The molecule has 0 aromatic heterocycles. The highest BCUT2D eigenvalue weighted by molar-refractivity contribution is 6.46. The molecule has 0 bridgehead atoms. The largest absolute Gasteiger partial charge is 0.507 e. The molecular formula is C19H18O6. The van der Waals surface area contributed by atoms with Crippen molar-refractivity contribution in [3.05, 3.63) is 22.8 Å². The molecule has 0 spiro atoms. The van der Waals surface area contributed by atoms with Gasteiger partial charge in [0, 0.05) is 21.8 Å². The zero-order valence-corrected chi connectivity index (χ0v) is 14.6. The summed E-state index contributed by atoms with van der Waals surface area (Å²) in [7, 11) is 1.45. The van der Waals surface area contributed by atoms with Gasteiger partial charge < -0.3 is 19.3 Å². The van der Waals surface area contributed by atoms with Crippen molar-refractivity contribution in [1.82, 2.24) is 0 Å². The number of esters is 1. The fourth-order valence-electron chi connectivity index (χ4n) is 3.73. The highest BCUT2D eigenvalue weighted by Crippen LogP contribution is 2.57. The number of benzene rings is 2. The first-order chi connectivity index (χ1) is 11.7. The van der Waals surface area contributed by atoms with Gasteiger partial charge in [0.2, 0.25) is 0 Å². The molecule has 0 amide bonds. The molecule has 4 rings (SSSR count). The Kier molecular flexibility index (Phi) is 2.93. The lowest BCUT2D eigenvalue weighted by Crippen LogP contribution is -2.29. The number of ketones is 1. The minimum absolute atomic E-state index is 0.0345. The predicted octanol–water partition coefficient (Wildman–Crippen LogP) is 3.02. The third-order valence-electron chi connectivity index (χ3n) is 5.40. The van der Waals surface area contributed by atoms with Crippen molar-refractivity contribution < 1.29 is 28.9 Å². The van der Waals surface area contributed by atoms with Gasteiger partial charge in [-0.3, -0.25) is 4.79 Å². The van der Waals surface area contributed by atoms with Crippen LogP contribution in [-0.4, -0.2) is 30.1 Å². The zero-order chi connectivity index (χ0) is 18.3. The lowest BCUT2D eigenvalue weighted by molar-refractivity contribution is -0.129. The van der Waals surface area contributed by atoms with E-state index in [0.29, 0.717) is 27.8 Å². The summed E-state index contributed by atoms with van der Waals surface area (Å²) in [5.74, 6) is -1.11. The van der Waals surface area contributed by atoms with E-state index in [2.05, 4.69) is 0 Å². The summed E-state index contributed by atoms with van der Waals surface area (Å²) in [5.41, 5.74) is 0.805. The molecule has 130 valence electrons. The van der Waals surface area contributed by atoms with Crippen molar-refractivity contribution in [3.63, 3.8) is 0 Å². The second-order valence-electron chi connectivity index (χ2n) is 7.10. The van der Waals surface area contributed by atoms with Gasteiger partial charge in [-0.15, -0.1) is 0 Å². The van der Waals surface area contributed by atoms with E-state index in [4.69, 9.17) is 14.2 Å². The van der Waals surface area contributed by atoms with Crippen molar-refractivity contribution >= 4 is 22.5 Å². The van der Waals surface area contributed by atoms with E-state index in [9.17, 15) is 14.7 Å². The summed E-state index contributed by atoms with van der Waals surface area (Å²) in [6.07, 6.45) is -0.204. The fourth-order valence-corrected chi connectivity index (χ4v) is 3.73. The minimum Gasteiger partial charge on any atom is -0.507 e. The van der Waals surface area contributed by atoms with Crippen LogP contribution in [0.25, 0.3) is 10.8 Å². The van der Waals surface area contributed by atoms with E-state index in [0.717, 1.165) is 5.56 Å². The average molecular weight is 342 g/mol. The van der Waals surface area contributed by atoms with Crippen molar-refractivity contribution in [1.29, 1.82) is 0 Å². The van der Waals surface area contributed by atoms with Crippen LogP contribution in [0.4, 0.5) is 0 Å². The summed E-state index contributed by atoms with van der Waals surface area (Å²) in [6.45, 7) is 7.65. The number of methoxy groups -OCH3 is 1. The van der Waals surface area contributed by atoms with Crippen molar-refractivity contribution in [2.24, 2.45) is 0 Å². The topological polar surface area (TPSA) is 82.1 Å². The normalized spacial score (nSPS) is 20.3. The van der Waals surface area contributed by atoms with Gasteiger partial charge in [-0.05, 0) is 25.5 Å². The van der Waals surface area contributed by atoms with Gasteiger partial charge >= 0.3 is 5.97 Å². The Balaban J connectivity index is 2.29. The molecule has 1 atom stereocenters. The summed E-state index contributed by atoms with van der Waals surface area (Å²) < 4.78 is 16.6. The first kappa shape index (κ1) is 15.7. The predicted molar refractivity (Wildman–Crippen MR) is 90.0 cm³/mol. The zero-order valence-electron chi connectivity index (χ0n) is 14.6. The summed E-state index contributed by atoms with van der Waals surface area (Å²) in [4.78, 5) is 24.6. The number of phenols is 1.